The third kappa shape index (κ3) is 5.66. The van der Waals surface area contributed by atoms with Crippen LogP contribution in [-0.2, 0) is 4.74 Å². The molecule has 0 aromatic heterocycles. The van der Waals surface area contributed by atoms with E-state index in [-0.39, 0.29) is 12.1 Å². The van der Waals surface area contributed by atoms with Crippen molar-refractivity contribution in [1.82, 2.24) is 0 Å². The van der Waals surface area contributed by atoms with Crippen molar-refractivity contribution in [2.75, 3.05) is 0 Å². The lowest BCUT2D eigenvalue weighted by Gasteiger charge is -2.23. The average molecular weight is 451 g/mol. The number of hydrogen-bond acceptors (Lipinski definition) is 2. The van der Waals surface area contributed by atoms with Crippen molar-refractivity contribution in [2.45, 2.75) is 19.4 Å². The van der Waals surface area contributed by atoms with Crippen molar-refractivity contribution in [2.24, 2.45) is 0 Å². The number of benzene rings is 4. The molecule has 3 heteroatoms. The minimum absolute atomic E-state index is 0.305. The van der Waals surface area contributed by atoms with E-state index in [0.29, 0.717) is 12.0 Å². The molecule has 1 atom stereocenters. The van der Waals surface area contributed by atoms with Crippen LogP contribution in [0.4, 0.5) is 0 Å². The van der Waals surface area contributed by atoms with E-state index in [1.54, 1.807) is 0 Å². The van der Waals surface area contributed by atoms with E-state index in [0.717, 1.165) is 16.4 Å². The standard InChI is InChI=1S/C30H27O2P/c1-23(2)22-28(24-14-6-3-7-15-24)32-30(31)27-20-12-13-21-29(27)33(25-16-8-4-9-17-25)26-18-10-5-11-19-26/h3-21,28H,1,22H2,2H3. The fraction of sp³-hybridized carbons (Fsp3) is 0.100. The van der Waals surface area contributed by atoms with E-state index in [9.17, 15) is 4.79 Å². The first-order valence-corrected chi connectivity index (χ1v) is 12.4. The van der Waals surface area contributed by atoms with Crippen molar-refractivity contribution in [3.05, 3.63) is 139 Å². The monoisotopic (exact) mass is 450 g/mol. The van der Waals surface area contributed by atoms with Crippen LogP contribution in [0.5, 0.6) is 0 Å². The predicted molar refractivity (Wildman–Crippen MR) is 139 cm³/mol. The Hall–Kier alpha value is -3.48. The second-order valence-corrected chi connectivity index (χ2v) is 10.2. The lowest BCUT2D eigenvalue weighted by atomic mass is 10.0. The van der Waals surface area contributed by atoms with Crippen molar-refractivity contribution in [3.8, 4) is 0 Å². The van der Waals surface area contributed by atoms with Crippen LogP contribution in [0.25, 0.3) is 0 Å². The molecular weight excluding hydrogens is 423 g/mol. The van der Waals surface area contributed by atoms with Crippen LogP contribution in [0.15, 0.2) is 127 Å². The average Bonchev–Trinajstić information content (AvgIpc) is 2.86. The summed E-state index contributed by atoms with van der Waals surface area (Å²) >= 11 is 0. The Morgan fingerprint density at radius 2 is 1.24 bits per heavy atom. The van der Waals surface area contributed by atoms with Gasteiger partial charge in [0.1, 0.15) is 6.10 Å². The largest absolute Gasteiger partial charge is 0.454 e. The highest BCUT2D eigenvalue weighted by Crippen LogP contribution is 2.35. The van der Waals surface area contributed by atoms with Crippen molar-refractivity contribution >= 4 is 29.8 Å². The summed E-state index contributed by atoms with van der Waals surface area (Å²) in [4.78, 5) is 13.6. The van der Waals surface area contributed by atoms with Crippen LogP contribution in [0.3, 0.4) is 0 Å². The van der Waals surface area contributed by atoms with E-state index in [1.165, 1.54) is 10.6 Å². The second-order valence-electron chi connectivity index (χ2n) is 7.99. The van der Waals surface area contributed by atoms with Gasteiger partial charge in [-0.15, -0.1) is 0 Å². The van der Waals surface area contributed by atoms with Crippen LogP contribution in [0.2, 0.25) is 0 Å². The highest BCUT2D eigenvalue weighted by molar-refractivity contribution is 7.80. The van der Waals surface area contributed by atoms with Gasteiger partial charge in [0.25, 0.3) is 0 Å². The van der Waals surface area contributed by atoms with E-state index in [2.05, 4.69) is 36.9 Å². The van der Waals surface area contributed by atoms with Gasteiger partial charge >= 0.3 is 5.97 Å². The maximum Gasteiger partial charge on any atom is 0.339 e. The summed E-state index contributed by atoms with van der Waals surface area (Å²) in [6.07, 6.45) is 0.216. The molecule has 0 fully saturated rings. The third-order valence-electron chi connectivity index (χ3n) is 5.35. The molecule has 0 bridgehead atoms. The Kier molecular flexibility index (Phi) is 7.50. The van der Waals surface area contributed by atoms with Gasteiger partial charge in [0.15, 0.2) is 0 Å². The molecule has 0 saturated heterocycles. The highest BCUT2D eigenvalue weighted by Gasteiger charge is 2.25. The first-order valence-electron chi connectivity index (χ1n) is 11.0. The van der Waals surface area contributed by atoms with Gasteiger partial charge in [0, 0.05) is 6.42 Å². The summed E-state index contributed by atoms with van der Waals surface area (Å²) in [6.45, 7) is 6.00. The highest BCUT2D eigenvalue weighted by atomic mass is 31.1. The van der Waals surface area contributed by atoms with E-state index < -0.39 is 7.92 Å². The van der Waals surface area contributed by atoms with Crippen molar-refractivity contribution in [3.63, 3.8) is 0 Å². The summed E-state index contributed by atoms with van der Waals surface area (Å²) in [5.74, 6) is -0.305. The molecule has 1 unspecified atom stereocenters. The van der Waals surface area contributed by atoms with Gasteiger partial charge < -0.3 is 4.74 Å². The molecule has 2 nitrogen and oxygen atoms in total. The lowest BCUT2D eigenvalue weighted by molar-refractivity contribution is 0.0299. The van der Waals surface area contributed by atoms with E-state index in [1.807, 2.05) is 91.9 Å². The molecule has 164 valence electrons. The maximum absolute atomic E-state index is 13.6. The molecule has 0 heterocycles. The molecule has 0 aliphatic carbocycles. The SMILES string of the molecule is C=C(C)CC(OC(=O)c1ccccc1P(c1ccccc1)c1ccccc1)c1ccccc1. The predicted octanol–water partition coefficient (Wildman–Crippen LogP) is 6.31. The van der Waals surface area contributed by atoms with Gasteiger partial charge in [0.2, 0.25) is 0 Å². The summed E-state index contributed by atoms with van der Waals surface area (Å²) in [6, 6.07) is 38.5. The zero-order chi connectivity index (χ0) is 23.0. The van der Waals surface area contributed by atoms with Crippen molar-refractivity contribution < 1.29 is 9.53 Å². The zero-order valence-corrected chi connectivity index (χ0v) is 19.6. The molecule has 0 radical (unpaired) electrons. The maximum atomic E-state index is 13.6. The molecule has 4 aromatic rings. The fourth-order valence-electron chi connectivity index (χ4n) is 3.83. The lowest BCUT2D eigenvalue weighted by Crippen LogP contribution is -2.26. The van der Waals surface area contributed by atoms with Gasteiger partial charge in [-0.1, -0.05) is 121 Å². The van der Waals surface area contributed by atoms with Crippen molar-refractivity contribution in [1.29, 1.82) is 0 Å². The van der Waals surface area contributed by atoms with Gasteiger partial charge in [-0.2, -0.15) is 0 Å². The molecule has 33 heavy (non-hydrogen) atoms. The van der Waals surface area contributed by atoms with Gasteiger partial charge in [-0.3, -0.25) is 0 Å². The third-order valence-corrected chi connectivity index (χ3v) is 7.85. The van der Waals surface area contributed by atoms with E-state index in [4.69, 9.17) is 4.74 Å². The molecule has 4 rings (SSSR count). The first-order chi connectivity index (χ1) is 16.1. The number of ether oxygens (including phenoxy) is 1. The van der Waals surface area contributed by atoms with E-state index >= 15 is 0 Å². The quantitative estimate of drug-likeness (QED) is 0.179. The molecule has 0 aliphatic rings. The number of esters is 1. The van der Waals surface area contributed by atoms with Crippen LogP contribution in [0, 0.1) is 0 Å². The number of carbonyl (C=O) groups is 1. The Morgan fingerprint density at radius 3 is 1.79 bits per heavy atom. The van der Waals surface area contributed by atoms with Crippen LogP contribution >= 0.6 is 7.92 Å². The number of hydrogen-bond donors (Lipinski definition) is 0. The van der Waals surface area contributed by atoms with Crippen LogP contribution < -0.4 is 15.9 Å². The van der Waals surface area contributed by atoms with Crippen LogP contribution in [0.1, 0.15) is 35.4 Å². The topological polar surface area (TPSA) is 26.3 Å². The van der Waals surface area contributed by atoms with Gasteiger partial charge in [-0.25, -0.2) is 4.79 Å². The molecule has 0 aliphatic heterocycles. The molecule has 0 spiro atoms. The summed E-state index contributed by atoms with van der Waals surface area (Å²) in [5.41, 5.74) is 2.56. The minimum atomic E-state index is -0.914. The number of rotatable bonds is 8. The zero-order valence-electron chi connectivity index (χ0n) is 18.7. The molecule has 0 amide bonds. The second kappa shape index (κ2) is 10.9. The van der Waals surface area contributed by atoms with Gasteiger partial charge in [0.05, 0.1) is 5.56 Å². The Balaban J connectivity index is 1.74. The molecular formula is C30H27O2P. The molecule has 0 N–H and O–H groups in total. The van der Waals surface area contributed by atoms with Gasteiger partial charge in [-0.05, 0) is 42.4 Å². The molecule has 0 saturated carbocycles. The fourth-order valence-corrected chi connectivity index (χ4v) is 6.26. The molecule has 4 aromatic carbocycles. The Labute approximate surface area is 197 Å². The summed E-state index contributed by atoms with van der Waals surface area (Å²) in [5, 5.41) is 3.39. The normalized spacial score (nSPS) is 11.7. The summed E-state index contributed by atoms with van der Waals surface area (Å²) < 4.78 is 6.11. The Morgan fingerprint density at radius 1 is 0.758 bits per heavy atom. The summed E-state index contributed by atoms with van der Waals surface area (Å²) in [7, 11) is -0.914. The minimum Gasteiger partial charge on any atom is -0.454 e. The smallest absolute Gasteiger partial charge is 0.339 e. The first kappa shape index (κ1) is 22.7. The van der Waals surface area contributed by atoms with Crippen LogP contribution in [-0.4, -0.2) is 5.97 Å². The number of carbonyl (C=O) groups excluding carboxylic acids is 1. The Bertz CT molecular complexity index is 1160.